The molecule has 0 saturated carbocycles. The van der Waals surface area contributed by atoms with Gasteiger partial charge in [0.2, 0.25) is 0 Å². The number of halogens is 1. The molecule has 3 N–H and O–H groups in total. The Morgan fingerprint density at radius 2 is 2.24 bits per heavy atom. The fraction of sp³-hybridized carbons (Fsp3) is 0.500. The van der Waals surface area contributed by atoms with E-state index >= 15 is 0 Å². The van der Waals surface area contributed by atoms with Crippen molar-refractivity contribution in [2.45, 2.75) is 12.5 Å². The van der Waals surface area contributed by atoms with Gasteiger partial charge in [0.1, 0.15) is 5.75 Å². The number of rotatable bonds is 7. The highest BCUT2D eigenvalue weighted by atomic mass is 79.9. The number of nitrogens with one attached hydrogen (secondary N) is 1. The molecule has 0 amide bonds. The van der Waals surface area contributed by atoms with Gasteiger partial charge >= 0.3 is 0 Å². The molecule has 0 bridgehead atoms. The molecule has 96 valence electrons. The number of benzene rings is 1. The van der Waals surface area contributed by atoms with Crippen LogP contribution in [0.1, 0.15) is 5.56 Å². The molecule has 1 atom stereocenters. The van der Waals surface area contributed by atoms with Crippen molar-refractivity contribution in [2.75, 3.05) is 26.8 Å². The molecule has 1 aromatic carbocycles. The Hall–Kier alpha value is -0.620. The molecular formula is C12H18BrNO3. The first kappa shape index (κ1) is 14.4. The zero-order valence-electron chi connectivity index (χ0n) is 9.82. The van der Waals surface area contributed by atoms with E-state index in [0.717, 1.165) is 23.2 Å². The van der Waals surface area contributed by atoms with Crippen molar-refractivity contribution in [1.82, 2.24) is 5.32 Å². The van der Waals surface area contributed by atoms with Crippen LogP contribution in [-0.4, -0.2) is 43.1 Å². The minimum Gasteiger partial charge on any atom is -0.496 e. The van der Waals surface area contributed by atoms with Gasteiger partial charge in [-0.1, -0.05) is 6.07 Å². The van der Waals surface area contributed by atoms with Gasteiger partial charge in [0.25, 0.3) is 0 Å². The highest BCUT2D eigenvalue weighted by Gasteiger charge is 2.02. The monoisotopic (exact) mass is 303 g/mol. The number of ether oxygens (including phenoxy) is 1. The second kappa shape index (κ2) is 7.66. The average molecular weight is 304 g/mol. The molecule has 4 nitrogen and oxygen atoms in total. The summed E-state index contributed by atoms with van der Waals surface area (Å²) in [7, 11) is 1.64. The number of methoxy groups -OCH3 is 1. The van der Waals surface area contributed by atoms with Crippen LogP contribution < -0.4 is 10.1 Å². The van der Waals surface area contributed by atoms with Crippen LogP contribution >= 0.6 is 15.9 Å². The summed E-state index contributed by atoms with van der Waals surface area (Å²) in [4.78, 5) is 0. The largest absolute Gasteiger partial charge is 0.496 e. The molecule has 0 radical (unpaired) electrons. The Balaban J connectivity index is 2.34. The molecule has 0 aliphatic carbocycles. The zero-order chi connectivity index (χ0) is 12.7. The molecule has 0 aliphatic heterocycles. The Morgan fingerprint density at radius 3 is 2.82 bits per heavy atom. The molecule has 0 saturated heterocycles. The van der Waals surface area contributed by atoms with Crippen LogP contribution in [0.2, 0.25) is 0 Å². The average Bonchev–Trinajstić information content (AvgIpc) is 2.34. The smallest absolute Gasteiger partial charge is 0.133 e. The molecule has 1 aromatic rings. The fourth-order valence-electron chi connectivity index (χ4n) is 1.43. The fourth-order valence-corrected chi connectivity index (χ4v) is 2.02. The van der Waals surface area contributed by atoms with Crippen molar-refractivity contribution in [2.24, 2.45) is 0 Å². The van der Waals surface area contributed by atoms with Crippen molar-refractivity contribution >= 4 is 15.9 Å². The maximum atomic E-state index is 9.13. The molecule has 5 heteroatoms. The van der Waals surface area contributed by atoms with Crippen molar-refractivity contribution in [3.63, 3.8) is 0 Å². The van der Waals surface area contributed by atoms with Crippen molar-refractivity contribution in [1.29, 1.82) is 0 Å². The minimum absolute atomic E-state index is 0.207. The number of aliphatic hydroxyl groups excluding tert-OH is 2. The summed E-state index contributed by atoms with van der Waals surface area (Å²) in [6.45, 7) is 0.963. The molecule has 17 heavy (non-hydrogen) atoms. The lowest BCUT2D eigenvalue weighted by Crippen LogP contribution is -2.30. The third kappa shape index (κ3) is 5.04. The van der Waals surface area contributed by atoms with E-state index < -0.39 is 6.10 Å². The van der Waals surface area contributed by atoms with E-state index in [2.05, 4.69) is 21.2 Å². The van der Waals surface area contributed by atoms with Crippen LogP contribution in [0.25, 0.3) is 0 Å². The Kier molecular flexibility index (Phi) is 6.50. The van der Waals surface area contributed by atoms with E-state index in [4.69, 9.17) is 14.9 Å². The normalized spacial score (nSPS) is 12.5. The summed E-state index contributed by atoms with van der Waals surface area (Å²) >= 11 is 3.43. The summed E-state index contributed by atoms with van der Waals surface area (Å²) < 4.78 is 6.09. The first-order valence-electron chi connectivity index (χ1n) is 5.49. The number of hydrogen-bond donors (Lipinski definition) is 3. The maximum absolute atomic E-state index is 9.13. The van der Waals surface area contributed by atoms with Gasteiger partial charge in [-0.2, -0.15) is 0 Å². The number of aliphatic hydroxyl groups is 2. The van der Waals surface area contributed by atoms with Gasteiger partial charge in [0, 0.05) is 6.54 Å². The molecule has 0 fully saturated rings. The van der Waals surface area contributed by atoms with Crippen LogP contribution in [0.15, 0.2) is 22.7 Å². The highest BCUT2D eigenvalue weighted by Crippen LogP contribution is 2.25. The third-order valence-electron chi connectivity index (χ3n) is 2.40. The van der Waals surface area contributed by atoms with Crippen molar-refractivity contribution in [3.8, 4) is 5.75 Å². The van der Waals surface area contributed by atoms with Crippen LogP contribution in [0.5, 0.6) is 5.75 Å². The summed E-state index contributed by atoms with van der Waals surface area (Å²) in [5.41, 5.74) is 1.18. The molecular weight excluding hydrogens is 286 g/mol. The van der Waals surface area contributed by atoms with Crippen molar-refractivity contribution in [3.05, 3.63) is 28.2 Å². The van der Waals surface area contributed by atoms with Gasteiger partial charge in [0.05, 0.1) is 24.3 Å². The highest BCUT2D eigenvalue weighted by molar-refractivity contribution is 9.10. The standard InChI is InChI=1S/C12H18BrNO3/c1-17-12-3-2-9(6-11(12)13)4-5-14-7-10(16)8-15/h2-3,6,10,14-16H,4-5,7-8H2,1H3. The van der Waals surface area contributed by atoms with Gasteiger partial charge in [-0.25, -0.2) is 0 Å². The van der Waals surface area contributed by atoms with Crippen LogP contribution in [0, 0.1) is 0 Å². The summed E-state index contributed by atoms with van der Waals surface area (Å²) in [6, 6.07) is 5.94. The van der Waals surface area contributed by atoms with Gasteiger partial charge in [-0.15, -0.1) is 0 Å². The van der Waals surface area contributed by atoms with Crippen LogP contribution in [-0.2, 0) is 6.42 Å². The maximum Gasteiger partial charge on any atom is 0.133 e. The second-order valence-electron chi connectivity index (χ2n) is 3.76. The Bertz CT molecular complexity index is 347. The van der Waals surface area contributed by atoms with E-state index in [9.17, 15) is 0 Å². The lowest BCUT2D eigenvalue weighted by Gasteiger charge is -2.09. The third-order valence-corrected chi connectivity index (χ3v) is 3.02. The molecule has 0 aromatic heterocycles. The van der Waals surface area contributed by atoms with Gasteiger partial charge in [-0.3, -0.25) is 0 Å². The SMILES string of the molecule is COc1ccc(CCNCC(O)CO)cc1Br. The summed E-state index contributed by atoms with van der Waals surface area (Å²) in [6.07, 6.45) is 0.179. The summed E-state index contributed by atoms with van der Waals surface area (Å²) in [5, 5.41) is 20.8. The van der Waals surface area contributed by atoms with Gasteiger partial charge in [0.15, 0.2) is 0 Å². The first-order chi connectivity index (χ1) is 8.17. The minimum atomic E-state index is -0.683. The van der Waals surface area contributed by atoms with Crippen LogP contribution in [0.4, 0.5) is 0 Å². The zero-order valence-corrected chi connectivity index (χ0v) is 11.4. The van der Waals surface area contributed by atoms with Crippen molar-refractivity contribution < 1.29 is 14.9 Å². The van der Waals surface area contributed by atoms with E-state index in [1.54, 1.807) is 7.11 Å². The second-order valence-corrected chi connectivity index (χ2v) is 4.61. The molecule has 0 aliphatic rings. The van der Waals surface area contributed by atoms with E-state index in [-0.39, 0.29) is 6.61 Å². The molecule has 1 rings (SSSR count). The molecule has 0 heterocycles. The van der Waals surface area contributed by atoms with Crippen LogP contribution in [0.3, 0.4) is 0 Å². The van der Waals surface area contributed by atoms with Gasteiger partial charge < -0.3 is 20.3 Å². The quantitative estimate of drug-likeness (QED) is 0.656. The van der Waals surface area contributed by atoms with E-state index in [0.29, 0.717) is 6.54 Å². The lowest BCUT2D eigenvalue weighted by molar-refractivity contribution is 0.0947. The van der Waals surface area contributed by atoms with E-state index in [1.165, 1.54) is 5.56 Å². The first-order valence-corrected chi connectivity index (χ1v) is 6.28. The summed E-state index contributed by atoms with van der Waals surface area (Å²) in [5.74, 6) is 0.817. The molecule has 0 spiro atoms. The lowest BCUT2D eigenvalue weighted by atomic mass is 10.1. The van der Waals surface area contributed by atoms with Gasteiger partial charge in [-0.05, 0) is 46.6 Å². The predicted molar refractivity (Wildman–Crippen MR) is 70.4 cm³/mol. The topological polar surface area (TPSA) is 61.7 Å². The molecule has 1 unspecified atom stereocenters. The Labute approximate surface area is 110 Å². The predicted octanol–water partition coefficient (Wildman–Crippen LogP) is 0.943. The van der Waals surface area contributed by atoms with E-state index in [1.807, 2.05) is 18.2 Å². The number of hydrogen-bond acceptors (Lipinski definition) is 4. The Morgan fingerprint density at radius 1 is 1.47 bits per heavy atom.